The first-order valence-corrected chi connectivity index (χ1v) is 7.72. The van der Waals surface area contributed by atoms with Gasteiger partial charge in [-0.15, -0.1) is 0 Å². The second kappa shape index (κ2) is 5.24. The molecule has 0 atom stereocenters. The highest BCUT2D eigenvalue weighted by atomic mass is 35.5. The highest BCUT2D eigenvalue weighted by Crippen LogP contribution is 2.30. The lowest BCUT2D eigenvalue weighted by atomic mass is 9.87. The molecule has 2 saturated heterocycles. The molecule has 2 aliphatic heterocycles. The summed E-state index contributed by atoms with van der Waals surface area (Å²) in [5.74, 6) is -0.119. The molecular weight excluding hydrogens is 306 g/mol. The molecule has 0 aliphatic carbocycles. The maximum Gasteiger partial charge on any atom is 0.324 e. The monoisotopic (exact) mass is 325 g/mol. The summed E-state index contributed by atoms with van der Waals surface area (Å²) in [6.07, 6.45) is 1.24. The normalized spacial score (nSPS) is 21.7. The number of likely N-dealkylation sites (tertiary alicyclic amines) is 1. The molecule has 3 amide bonds. The van der Waals surface area contributed by atoms with Gasteiger partial charge in [0.1, 0.15) is 5.54 Å². The van der Waals surface area contributed by atoms with Crippen LogP contribution in [0.1, 0.15) is 24.2 Å². The highest BCUT2D eigenvalue weighted by Gasteiger charge is 2.50. The van der Waals surface area contributed by atoms with Crippen LogP contribution in [0.15, 0.2) is 0 Å². The summed E-state index contributed by atoms with van der Waals surface area (Å²) in [4.78, 5) is 27.4. The molecule has 2 aliphatic rings. The lowest BCUT2D eigenvalue weighted by molar-refractivity contribution is -0.132. The molecule has 1 spiro atoms. The van der Waals surface area contributed by atoms with Crippen molar-refractivity contribution in [3.05, 3.63) is 16.4 Å². The van der Waals surface area contributed by atoms with E-state index in [1.807, 2.05) is 14.0 Å². The summed E-state index contributed by atoms with van der Waals surface area (Å²) in [5, 5.41) is 7.87. The number of piperidine rings is 1. The Bertz CT molecular complexity index is 633. The number of nitrogens with zero attached hydrogens (tertiary/aromatic N) is 4. The van der Waals surface area contributed by atoms with Crippen LogP contribution in [-0.4, -0.2) is 57.2 Å². The van der Waals surface area contributed by atoms with Crippen LogP contribution in [0.25, 0.3) is 0 Å². The number of hydrogen-bond donors (Lipinski definition) is 1. The van der Waals surface area contributed by atoms with Gasteiger partial charge in [0.2, 0.25) is 0 Å². The number of imide groups is 1. The zero-order chi connectivity index (χ0) is 16.1. The number of nitrogens with one attached hydrogen (secondary N) is 1. The number of carbonyl (C=O) groups is 2. The van der Waals surface area contributed by atoms with Crippen molar-refractivity contribution in [3.63, 3.8) is 0 Å². The molecule has 1 aromatic rings. The van der Waals surface area contributed by atoms with Crippen molar-refractivity contribution >= 4 is 23.5 Å². The average molecular weight is 326 g/mol. The molecule has 1 aromatic heterocycles. The van der Waals surface area contributed by atoms with Crippen LogP contribution in [-0.2, 0) is 18.4 Å². The zero-order valence-electron chi connectivity index (χ0n) is 13.0. The number of amides is 3. The third kappa shape index (κ3) is 2.28. The van der Waals surface area contributed by atoms with Crippen molar-refractivity contribution in [2.75, 3.05) is 20.1 Å². The molecule has 0 radical (unpaired) electrons. The topological polar surface area (TPSA) is 70.5 Å². The standard InChI is InChI=1S/C14H20ClN5O2/c1-9-11(15)10(19(3)17-9)8-20-6-4-14(5-7-20)12(21)18(2)13(22)16-14/h4-8H2,1-3H3,(H,16,22). The van der Waals surface area contributed by atoms with E-state index in [9.17, 15) is 9.59 Å². The summed E-state index contributed by atoms with van der Waals surface area (Å²) in [5.41, 5.74) is 1.09. The van der Waals surface area contributed by atoms with Crippen molar-refractivity contribution in [1.29, 1.82) is 0 Å². The molecule has 0 bridgehead atoms. The van der Waals surface area contributed by atoms with E-state index in [2.05, 4.69) is 15.3 Å². The minimum atomic E-state index is -0.714. The quantitative estimate of drug-likeness (QED) is 0.820. The van der Waals surface area contributed by atoms with Gasteiger partial charge in [-0.2, -0.15) is 5.10 Å². The van der Waals surface area contributed by atoms with Crippen LogP contribution >= 0.6 is 11.6 Å². The van der Waals surface area contributed by atoms with Crippen molar-refractivity contribution in [2.24, 2.45) is 7.05 Å². The molecule has 22 heavy (non-hydrogen) atoms. The van der Waals surface area contributed by atoms with Gasteiger partial charge < -0.3 is 5.32 Å². The second-order valence-corrected chi connectivity index (χ2v) is 6.50. The summed E-state index contributed by atoms with van der Waals surface area (Å²) in [6, 6.07) is -0.302. The third-order valence-corrected chi connectivity index (χ3v) is 5.20. The van der Waals surface area contributed by atoms with Crippen LogP contribution in [0.3, 0.4) is 0 Å². The number of urea groups is 1. The van der Waals surface area contributed by atoms with Crippen LogP contribution in [0.4, 0.5) is 4.79 Å². The van der Waals surface area contributed by atoms with E-state index < -0.39 is 5.54 Å². The Labute approximate surface area is 134 Å². The number of carbonyl (C=O) groups excluding carboxylic acids is 2. The Kier molecular flexibility index (Phi) is 3.65. The fourth-order valence-corrected chi connectivity index (χ4v) is 3.47. The maximum absolute atomic E-state index is 12.3. The molecule has 3 rings (SSSR count). The van der Waals surface area contributed by atoms with Gasteiger partial charge in [0.25, 0.3) is 5.91 Å². The number of aryl methyl sites for hydroxylation is 2. The lowest BCUT2D eigenvalue weighted by Crippen LogP contribution is -2.54. The molecular formula is C14H20ClN5O2. The predicted octanol–water partition coefficient (Wildman–Crippen LogP) is 0.898. The van der Waals surface area contributed by atoms with Gasteiger partial charge in [-0.25, -0.2) is 4.79 Å². The summed E-state index contributed by atoms with van der Waals surface area (Å²) < 4.78 is 1.80. The van der Waals surface area contributed by atoms with Crippen LogP contribution in [0, 0.1) is 6.92 Å². The number of likely N-dealkylation sites (N-methyl/N-ethyl adjacent to an activating group) is 1. The highest BCUT2D eigenvalue weighted by molar-refractivity contribution is 6.31. The first-order valence-electron chi connectivity index (χ1n) is 7.35. The van der Waals surface area contributed by atoms with Crippen molar-refractivity contribution in [1.82, 2.24) is 24.9 Å². The number of aromatic nitrogens is 2. The Morgan fingerprint density at radius 3 is 2.36 bits per heavy atom. The van der Waals surface area contributed by atoms with E-state index in [1.165, 1.54) is 11.9 Å². The molecule has 2 fully saturated rings. The SMILES string of the molecule is Cc1nn(C)c(CN2CCC3(CC2)NC(=O)N(C)C3=O)c1Cl. The molecule has 8 heteroatoms. The van der Waals surface area contributed by atoms with Gasteiger partial charge in [0.15, 0.2) is 0 Å². The van der Waals surface area contributed by atoms with Gasteiger partial charge in [-0.3, -0.25) is 19.3 Å². The summed E-state index contributed by atoms with van der Waals surface area (Å²) >= 11 is 6.29. The van der Waals surface area contributed by atoms with Gasteiger partial charge in [0, 0.05) is 33.7 Å². The van der Waals surface area contributed by atoms with E-state index in [0.29, 0.717) is 24.4 Å². The predicted molar refractivity (Wildman–Crippen MR) is 81.5 cm³/mol. The summed E-state index contributed by atoms with van der Waals surface area (Å²) in [7, 11) is 3.41. The maximum atomic E-state index is 12.3. The van der Waals surface area contributed by atoms with Gasteiger partial charge in [-0.1, -0.05) is 11.6 Å². The zero-order valence-corrected chi connectivity index (χ0v) is 13.8. The average Bonchev–Trinajstić information content (AvgIpc) is 2.84. The van der Waals surface area contributed by atoms with E-state index >= 15 is 0 Å². The van der Waals surface area contributed by atoms with Crippen LogP contribution in [0.5, 0.6) is 0 Å². The molecule has 120 valence electrons. The number of halogens is 1. The Morgan fingerprint density at radius 1 is 1.27 bits per heavy atom. The van der Waals surface area contributed by atoms with Crippen molar-refractivity contribution in [3.8, 4) is 0 Å². The van der Waals surface area contributed by atoms with Crippen LogP contribution < -0.4 is 5.32 Å². The van der Waals surface area contributed by atoms with Crippen molar-refractivity contribution < 1.29 is 9.59 Å². The second-order valence-electron chi connectivity index (χ2n) is 6.12. The fraction of sp³-hybridized carbons (Fsp3) is 0.643. The van der Waals surface area contributed by atoms with E-state index in [4.69, 9.17) is 11.6 Å². The minimum absolute atomic E-state index is 0.119. The third-order valence-electron chi connectivity index (χ3n) is 4.71. The smallest absolute Gasteiger partial charge is 0.323 e. The van der Waals surface area contributed by atoms with E-state index in [1.54, 1.807) is 4.68 Å². The number of hydrogen-bond acceptors (Lipinski definition) is 4. The first kappa shape index (κ1) is 15.3. The van der Waals surface area contributed by atoms with Gasteiger partial charge >= 0.3 is 6.03 Å². The molecule has 1 N–H and O–H groups in total. The molecule has 0 unspecified atom stereocenters. The minimum Gasteiger partial charge on any atom is -0.323 e. The van der Waals surface area contributed by atoms with Gasteiger partial charge in [0.05, 0.1) is 16.4 Å². The lowest BCUT2D eigenvalue weighted by Gasteiger charge is -2.37. The van der Waals surface area contributed by atoms with Crippen molar-refractivity contribution in [2.45, 2.75) is 31.8 Å². The summed E-state index contributed by atoms with van der Waals surface area (Å²) in [6.45, 7) is 4.06. The first-order chi connectivity index (χ1) is 10.3. The van der Waals surface area contributed by atoms with Crippen LogP contribution in [0.2, 0.25) is 5.02 Å². The molecule has 7 nitrogen and oxygen atoms in total. The molecule has 0 saturated carbocycles. The Morgan fingerprint density at radius 2 is 1.91 bits per heavy atom. The van der Waals surface area contributed by atoms with E-state index in [0.717, 1.165) is 24.5 Å². The van der Waals surface area contributed by atoms with Gasteiger partial charge in [-0.05, 0) is 19.8 Å². The Balaban J connectivity index is 1.68. The number of rotatable bonds is 2. The fourth-order valence-electron chi connectivity index (χ4n) is 3.25. The largest absolute Gasteiger partial charge is 0.324 e. The Hall–Kier alpha value is -1.60. The molecule has 3 heterocycles. The van der Waals surface area contributed by atoms with E-state index in [-0.39, 0.29) is 11.9 Å². The molecule has 0 aromatic carbocycles.